The summed E-state index contributed by atoms with van der Waals surface area (Å²) in [6, 6.07) is 5.46. The van der Waals surface area contributed by atoms with Crippen LogP contribution in [0.1, 0.15) is 39.4 Å². The van der Waals surface area contributed by atoms with Gasteiger partial charge in [-0.15, -0.1) is 0 Å². The van der Waals surface area contributed by atoms with Crippen molar-refractivity contribution in [3.05, 3.63) is 50.8 Å². The smallest absolute Gasteiger partial charge is 0.351 e. The van der Waals surface area contributed by atoms with E-state index in [0.717, 1.165) is 10.0 Å². The molecule has 0 aliphatic heterocycles. The Labute approximate surface area is 138 Å². The van der Waals surface area contributed by atoms with Gasteiger partial charge < -0.3 is 4.52 Å². The van der Waals surface area contributed by atoms with Gasteiger partial charge in [-0.1, -0.05) is 27.2 Å². The first-order chi connectivity index (χ1) is 10.8. The molecule has 0 N–H and O–H groups in total. The SMILES string of the molecule is O=C1c2cc(Br)ccc2CC12CCc1noc(C(F)(F)F)c1C2. The highest BCUT2D eigenvalue weighted by Gasteiger charge is 2.51. The molecular weight excluding hydrogens is 375 g/mol. The quantitative estimate of drug-likeness (QED) is 0.676. The Hall–Kier alpha value is -1.63. The van der Waals surface area contributed by atoms with Crippen LogP contribution in [0.2, 0.25) is 0 Å². The fourth-order valence-electron chi connectivity index (χ4n) is 3.72. The summed E-state index contributed by atoms with van der Waals surface area (Å²) in [5.41, 5.74) is 1.07. The molecule has 2 aromatic rings. The Morgan fingerprint density at radius 1 is 1.26 bits per heavy atom. The van der Waals surface area contributed by atoms with Crippen molar-refractivity contribution < 1.29 is 22.5 Å². The largest absolute Gasteiger partial charge is 0.452 e. The second-order valence-corrected chi connectivity index (χ2v) is 7.11. The molecule has 0 bridgehead atoms. The third-order valence-corrected chi connectivity index (χ3v) is 5.30. The number of Topliss-reactive ketones (excluding diaryl/α,β-unsaturated/α-hetero) is 1. The van der Waals surface area contributed by atoms with Gasteiger partial charge in [-0.25, -0.2) is 0 Å². The van der Waals surface area contributed by atoms with Crippen molar-refractivity contribution in [2.24, 2.45) is 5.41 Å². The Balaban J connectivity index is 1.77. The molecular formula is C16H11BrF3NO2. The zero-order valence-electron chi connectivity index (χ0n) is 11.8. The second-order valence-electron chi connectivity index (χ2n) is 6.20. The molecule has 0 amide bonds. The number of benzene rings is 1. The molecule has 0 saturated carbocycles. The number of aromatic nitrogens is 1. The average molecular weight is 386 g/mol. The number of alkyl halides is 3. The first kappa shape index (κ1) is 14.9. The maximum atomic E-state index is 13.1. The van der Waals surface area contributed by atoms with E-state index in [1.807, 2.05) is 12.1 Å². The van der Waals surface area contributed by atoms with Crippen molar-refractivity contribution in [2.45, 2.75) is 31.9 Å². The van der Waals surface area contributed by atoms with Crippen LogP contribution >= 0.6 is 15.9 Å². The lowest BCUT2D eigenvalue weighted by Crippen LogP contribution is -2.35. The lowest BCUT2D eigenvalue weighted by Gasteiger charge is -2.31. The molecule has 1 atom stereocenters. The molecule has 4 rings (SSSR count). The Kier molecular flexibility index (Phi) is 3.04. The standard InChI is InChI=1S/C16H11BrF3NO2/c17-9-2-1-8-6-15(13(22)10(8)5-9)4-3-12-11(7-15)14(23-21-12)16(18,19)20/h1-2,5H,3-4,6-7H2. The van der Waals surface area contributed by atoms with Crippen molar-refractivity contribution in [2.75, 3.05) is 0 Å². The molecule has 23 heavy (non-hydrogen) atoms. The van der Waals surface area contributed by atoms with E-state index in [4.69, 9.17) is 0 Å². The minimum Gasteiger partial charge on any atom is -0.351 e. The van der Waals surface area contributed by atoms with E-state index >= 15 is 0 Å². The summed E-state index contributed by atoms with van der Waals surface area (Å²) in [7, 11) is 0. The van der Waals surface area contributed by atoms with Crippen LogP contribution in [-0.4, -0.2) is 10.9 Å². The van der Waals surface area contributed by atoms with Gasteiger partial charge in [-0.3, -0.25) is 4.79 Å². The van der Waals surface area contributed by atoms with E-state index in [-0.39, 0.29) is 17.8 Å². The number of aryl methyl sites for hydroxylation is 1. The molecule has 7 heteroatoms. The van der Waals surface area contributed by atoms with E-state index in [1.54, 1.807) is 6.07 Å². The Bertz CT molecular complexity index is 827. The van der Waals surface area contributed by atoms with Crippen LogP contribution in [-0.2, 0) is 25.4 Å². The number of ketones is 1. The van der Waals surface area contributed by atoms with E-state index in [1.165, 1.54) is 0 Å². The molecule has 2 aliphatic carbocycles. The van der Waals surface area contributed by atoms with Gasteiger partial charge in [0.05, 0.1) is 5.69 Å². The number of halogens is 4. The molecule has 2 aliphatic rings. The topological polar surface area (TPSA) is 43.1 Å². The summed E-state index contributed by atoms with van der Waals surface area (Å²) in [4.78, 5) is 12.9. The van der Waals surface area contributed by atoms with Crippen molar-refractivity contribution in [3.8, 4) is 0 Å². The van der Waals surface area contributed by atoms with Gasteiger partial charge in [-0.2, -0.15) is 13.2 Å². The minimum absolute atomic E-state index is 0.0335. The highest BCUT2D eigenvalue weighted by atomic mass is 79.9. The third kappa shape index (κ3) is 2.16. The van der Waals surface area contributed by atoms with Crippen molar-refractivity contribution >= 4 is 21.7 Å². The van der Waals surface area contributed by atoms with Gasteiger partial charge in [0.1, 0.15) is 0 Å². The van der Waals surface area contributed by atoms with Crippen LogP contribution in [0, 0.1) is 5.41 Å². The Morgan fingerprint density at radius 2 is 2.04 bits per heavy atom. The Morgan fingerprint density at radius 3 is 2.78 bits per heavy atom. The number of nitrogens with zero attached hydrogens (tertiary/aromatic N) is 1. The fourth-order valence-corrected chi connectivity index (χ4v) is 4.08. The highest BCUT2D eigenvalue weighted by molar-refractivity contribution is 9.10. The lowest BCUT2D eigenvalue weighted by atomic mass is 9.70. The molecule has 1 heterocycles. The predicted octanol–water partition coefficient (Wildman–Crippen LogP) is 4.37. The average Bonchev–Trinajstić information content (AvgIpc) is 3.00. The summed E-state index contributed by atoms with van der Waals surface area (Å²) in [6.45, 7) is 0. The molecule has 1 aromatic heterocycles. The molecule has 1 aromatic carbocycles. The summed E-state index contributed by atoms with van der Waals surface area (Å²) in [6.07, 6.45) is -3.26. The van der Waals surface area contributed by atoms with Crippen LogP contribution in [0.25, 0.3) is 0 Å². The normalized spacial score (nSPS) is 23.2. The third-order valence-electron chi connectivity index (χ3n) is 4.81. The van der Waals surface area contributed by atoms with Crippen LogP contribution in [0.3, 0.4) is 0 Å². The summed E-state index contributed by atoms with van der Waals surface area (Å²) in [5.74, 6) is -1.13. The molecule has 1 unspecified atom stereocenters. The summed E-state index contributed by atoms with van der Waals surface area (Å²) >= 11 is 3.34. The number of carbonyl (C=O) groups is 1. The number of hydrogen-bond donors (Lipinski definition) is 0. The van der Waals surface area contributed by atoms with Crippen molar-refractivity contribution in [1.82, 2.24) is 5.16 Å². The zero-order chi connectivity index (χ0) is 16.4. The van der Waals surface area contributed by atoms with Gasteiger partial charge in [-0.05, 0) is 43.4 Å². The van der Waals surface area contributed by atoms with E-state index in [0.29, 0.717) is 30.5 Å². The minimum atomic E-state index is -4.59. The number of hydrogen-bond acceptors (Lipinski definition) is 3. The fraction of sp³-hybridized carbons (Fsp3) is 0.375. The zero-order valence-corrected chi connectivity index (χ0v) is 13.4. The van der Waals surface area contributed by atoms with Gasteiger partial charge >= 0.3 is 6.18 Å². The molecule has 120 valence electrons. The summed E-state index contributed by atoms with van der Waals surface area (Å²) < 4.78 is 44.5. The van der Waals surface area contributed by atoms with E-state index in [2.05, 4.69) is 25.6 Å². The number of rotatable bonds is 0. The first-order valence-corrected chi connectivity index (χ1v) is 7.97. The van der Waals surface area contributed by atoms with Crippen molar-refractivity contribution in [1.29, 1.82) is 0 Å². The maximum absolute atomic E-state index is 13.1. The highest BCUT2D eigenvalue weighted by Crippen LogP contribution is 2.48. The second kappa shape index (κ2) is 4.69. The van der Waals surface area contributed by atoms with Gasteiger partial charge in [0.25, 0.3) is 0 Å². The molecule has 0 saturated heterocycles. The van der Waals surface area contributed by atoms with Gasteiger partial charge in [0.2, 0.25) is 5.76 Å². The first-order valence-electron chi connectivity index (χ1n) is 7.18. The lowest BCUT2D eigenvalue weighted by molar-refractivity contribution is -0.156. The van der Waals surface area contributed by atoms with E-state index < -0.39 is 17.4 Å². The molecule has 0 radical (unpaired) electrons. The monoisotopic (exact) mass is 385 g/mol. The maximum Gasteiger partial charge on any atom is 0.452 e. The molecule has 0 fully saturated rings. The number of fused-ring (bicyclic) bond motifs is 2. The van der Waals surface area contributed by atoms with Crippen LogP contribution < -0.4 is 0 Å². The molecule has 3 nitrogen and oxygen atoms in total. The van der Waals surface area contributed by atoms with Gasteiger partial charge in [0, 0.05) is 21.0 Å². The summed E-state index contributed by atoms with van der Waals surface area (Å²) in [5, 5.41) is 3.55. The van der Waals surface area contributed by atoms with Crippen molar-refractivity contribution in [3.63, 3.8) is 0 Å². The van der Waals surface area contributed by atoms with E-state index in [9.17, 15) is 18.0 Å². The van der Waals surface area contributed by atoms with Crippen LogP contribution in [0.5, 0.6) is 0 Å². The molecule has 1 spiro atoms. The van der Waals surface area contributed by atoms with Crippen LogP contribution in [0.4, 0.5) is 13.2 Å². The predicted molar refractivity (Wildman–Crippen MR) is 78.1 cm³/mol. The van der Waals surface area contributed by atoms with Gasteiger partial charge in [0.15, 0.2) is 5.78 Å². The number of carbonyl (C=O) groups excluding carboxylic acids is 1. The van der Waals surface area contributed by atoms with Crippen LogP contribution in [0.15, 0.2) is 27.2 Å².